The number of hydrogen-bond donors (Lipinski definition) is 1. The van der Waals surface area contributed by atoms with Crippen LogP contribution in [0.1, 0.15) is 10.6 Å². The lowest BCUT2D eigenvalue weighted by Gasteiger charge is -2.02. The van der Waals surface area contributed by atoms with E-state index in [-0.39, 0.29) is 22.0 Å². The van der Waals surface area contributed by atoms with Crippen molar-refractivity contribution in [3.8, 4) is 0 Å². The van der Waals surface area contributed by atoms with Crippen molar-refractivity contribution in [3.05, 3.63) is 40.7 Å². The van der Waals surface area contributed by atoms with Crippen LogP contribution in [0, 0.1) is 0 Å². The van der Waals surface area contributed by atoms with Gasteiger partial charge in [-0.15, -0.1) is 0 Å². The second-order valence-corrected chi connectivity index (χ2v) is 3.48. The number of nitrogens with one attached hydrogen (secondary N) is 1. The number of rotatable bonds is 2. The minimum absolute atomic E-state index is 0.0757. The summed E-state index contributed by atoms with van der Waals surface area (Å²) in [5.41, 5.74) is 0. The Kier molecular flexibility index (Phi) is 3.07. The van der Waals surface area contributed by atoms with Crippen LogP contribution in [0.3, 0.4) is 0 Å². The lowest BCUT2D eigenvalue weighted by atomic mass is 10.4. The number of halogens is 2. The van der Waals surface area contributed by atoms with Gasteiger partial charge in [-0.1, -0.05) is 11.6 Å². The molecule has 0 bridgehead atoms. The molecule has 0 spiro atoms. The van der Waals surface area contributed by atoms with Gasteiger partial charge >= 0.3 is 0 Å². The van der Waals surface area contributed by atoms with Gasteiger partial charge in [0.15, 0.2) is 22.0 Å². The Balaban J connectivity index is 2.17. The fourth-order valence-electron chi connectivity index (χ4n) is 1.01. The van der Waals surface area contributed by atoms with Crippen LogP contribution in [0.5, 0.6) is 0 Å². The van der Waals surface area contributed by atoms with E-state index in [9.17, 15) is 4.79 Å². The van der Waals surface area contributed by atoms with Crippen molar-refractivity contribution < 1.29 is 9.21 Å². The smallest absolute Gasteiger partial charge is 0.292 e. The fourth-order valence-corrected chi connectivity index (χ4v) is 1.31. The Morgan fingerprint density at radius 1 is 1.25 bits per heavy atom. The maximum atomic E-state index is 11.6. The van der Waals surface area contributed by atoms with Gasteiger partial charge in [-0.05, 0) is 23.7 Å². The summed E-state index contributed by atoms with van der Waals surface area (Å²) in [4.78, 5) is 19.2. The molecule has 0 fully saturated rings. The van der Waals surface area contributed by atoms with E-state index in [0.717, 1.165) is 0 Å². The largest absolute Gasteiger partial charge is 0.440 e. The van der Waals surface area contributed by atoms with Gasteiger partial charge < -0.3 is 9.73 Å². The van der Waals surface area contributed by atoms with E-state index >= 15 is 0 Å². The van der Waals surface area contributed by atoms with Crippen LogP contribution in [0.25, 0.3) is 0 Å². The lowest BCUT2D eigenvalue weighted by Crippen LogP contribution is -2.12. The highest BCUT2D eigenvalue weighted by Gasteiger charge is 2.13. The first-order valence-electron chi connectivity index (χ1n) is 4.20. The molecule has 0 atom stereocenters. The molecule has 2 heterocycles. The van der Waals surface area contributed by atoms with Crippen LogP contribution in [0.2, 0.25) is 10.4 Å². The average molecular weight is 258 g/mol. The van der Waals surface area contributed by atoms with E-state index in [1.807, 2.05) is 0 Å². The standard InChI is InChI=1S/C9H5Cl2N3O2/c10-6-2-1-5(16-6)9(15)14-8-7(11)12-3-4-13-8/h1-4H,(H,13,14,15). The molecule has 2 rings (SSSR count). The molecule has 0 radical (unpaired) electrons. The van der Waals surface area contributed by atoms with Gasteiger partial charge in [0.2, 0.25) is 0 Å². The van der Waals surface area contributed by atoms with E-state index in [4.69, 9.17) is 27.6 Å². The monoisotopic (exact) mass is 257 g/mol. The Morgan fingerprint density at radius 3 is 2.62 bits per heavy atom. The van der Waals surface area contributed by atoms with Gasteiger partial charge in [0.25, 0.3) is 5.91 Å². The number of furan rings is 1. The molecule has 0 aliphatic carbocycles. The quantitative estimate of drug-likeness (QED) is 0.898. The van der Waals surface area contributed by atoms with Crippen LogP contribution >= 0.6 is 23.2 Å². The van der Waals surface area contributed by atoms with Crippen LogP contribution in [0.4, 0.5) is 5.82 Å². The Hall–Kier alpha value is -1.59. The zero-order valence-corrected chi connectivity index (χ0v) is 9.29. The van der Waals surface area contributed by atoms with E-state index in [2.05, 4.69) is 15.3 Å². The topological polar surface area (TPSA) is 68.0 Å². The predicted molar refractivity (Wildman–Crippen MR) is 58.7 cm³/mol. The molecule has 1 N–H and O–H groups in total. The van der Waals surface area contributed by atoms with E-state index in [1.54, 1.807) is 0 Å². The first-order chi connectivity index (χ1) is 7.66. The lowest BCUT2D eigenvalue weighted by molar-refractivity contribution is 0.0996. The summed E-state index contributed by atoms with van der Waals surface area (Å²) >= 11 is 11.3. The van der Waals surface area contributed by atoms with Crippen molar-refractivity contribution in [1.82, 2.24) is 9.97 Å². The van der Waals surface area contributed by atoms with Crippen molar-refractivity contribution in [1.29, 1.82) is 0 Å². The van der Waals surface area contributed by atoms with E-state index in [1.165, 1.54) is 24.5 Å². The number of nitrogens with zero attached hydrogens (tertiary/aromatic N) is 2. The summed E-state index contributed by atoms with van der Waals surface area (Å²) < 4.78 is 4.92. The number of carbonyl (C=O) groups excluding carboxylic acids is 1. The van der Waals surface area contributed by atoms with Crippen LogP contribution in [-0.4, -0.2) is 15.9 Å². The SMILES string of the molecule is O=C(Nc1nccnc1Cl)c1ccc(Cl)o1. The number of aromatic nitrogens is 2. The maximum Gasteiger partial charge on any atom is 0.292 e. The molecular weight excluding hydrogens is 253 g/mol. The molecule has 82 valence electrons. The molecule has 2 aromatic heterocycles. The molecule has 0 aliphatic heterocycles. The molecular formula is C9H5Cl2N3O2. The van der Waals surface area contributed by atoms with Crippen molar-refractivity contribution in [3.63, 3.8) is 0 Å². The van der Waals surface area contributed by atoms with E-state index in [0.29, 0.717) is 0 Å². The number of hydrogen-bond acceptors (Lipinski definition) is 4. The molecule has 1 amide bonds. The zero-order chi connectivity index (χ0) is 11.5. The summed E-state index contributed by atoms with van der Waals surface area (Å²) in [5, 5.41) is 2.68. The first-order valence-corrected chi connectivity index (χ1v) is 4.95. The molecule has 5 nitrogen and oxygen atoms in total. The summed E-state index contributed by atoms with van der Waals surface area (Å²) in [6.07, 6.45) is 2.83. The summed E-state index contributed by atoms with van der Waals surface area (Å²) in [6, 6.07) is 2.91. The zero-order valence-electron chi connectivity index (χ0n) is 7.78. The summed E-state index contributed by atoms with van der Waals surface area (Å²) in [5.74, 6) is -0.247. The Labute approximate surface area is 100 Å². The van der Waals surface area contributed by atoms with Gasteiger partial charge in [-0.3, -0.25) is 4.79 Å². The van der Waals surface area contributed by atoms with Gasteiger partial charge in [0.1, 0.15) is 0 Å². The molecule has 7 heteroatoms. The minimum Gasteiger partial charge on any atom is -0.440 e. The molecule has 0 aromatic carbocycles. The highest BCUT2D eigenvalue weighted by Crippen LogP contribution is 2.17. The van der Waals surface area contributed by atoms with Crippen LogP contribution < -0.4 is 5.32 Å². The Bertz CT molecular complexity index is 527. The third-order valence-electron chi connectivity index (χ3n) is 1.68. The second kappa shape index (κ2) is 4.51. The molecule has 0 aliphatic rings. The molecule has 16 heavy (non-hydrogen) atoms. The summed E-state index contributed by atoms with van der Waals surface area (Å²) in [6.45, 7) is 0. The van der Waals surface area contributed by atoms with Gasteiger partial charge in [0, 0.05) is 12.4 Å². The first kappa shape index (κ1) is 10.9. The molecule has 0 unspecified atom stereocenters. The fraction of sp³-hybridized carbons (Fsp3) is 0. The number of amides is 1. The predicted octanol–water partition coefficient (Wildman–Crippen LogP) is 2.63. The van der Waals surface area contributed by atoms with Crippen LogP contribution in [-0.2, 0) is 0 Å². The van der Waals surface area contributed by atoms with E-state index < -0.39 is 5.91 Å². The second-order valence-electron chi connectivity index (χ2n) is 2.75. The van der Waals surface area contributed by atoms with Crippen molar-refractivity contribution in [2.45, 2.75) is 0 Å². The molecule has 2 aromatic rings. The third-order valence-corrected chi connectivity index (χ3v) is 2.16. The number of anilines is 1. The summed E-state index contributed by atoms with van der Waals surface area (Å²) in [7, 11) is 0. The van der Waals surface area contributed by atoms with Crippen LogP contribution in [0.15, 0.2) is 28.9 Å². The van der Waals surface area contributed by atoms with Gasteiger partial charge in [0.05, 0.1) is 0 Å². The van der Waals surface area contributed by atoms with Gasteiger partial charge in [-0.25, -0.2) is 9.97 Å². The van der Waals surface area contributed by atoms with Gasteiger partial charge in [-0.2, -0.15) is 0 Å². The number of carbonyl (C=O) groups is 1. The van der Waals surface area contributed by atoms with Crippen molar-refractivity contribution in [2.24, 2.45) is 0 Å². The van der Waals surface area contributed by atoms with Crippen molar-refractivity contribution in [2.75, 3.05) is 5.32 Å². The normalized spacial score (nSPS) is 10.1. The highest BCUT2D eigenvalue weighted by molar-refractivity contribution is 6.32. The maximum absolute atomic E-state index is 11.6. The third kappa shape index (κ3) is 2.32. The molecule has 0 saturated heterocycles. The van der Waals surface area contributed by atoms with Crippen molar-refractivity contribution >= 4 is 34.9 Å². The minimum atomic E-state index is -0.491. The highest BCUT2D eigenvalue weighted by atomic mass is 35.5. The average Bonchev–Trinajstić information content (AvgIpc) is 2.68. The molecule has 0 saturated carbocycles. The Morgan fingerprint density at radius 2 is 2.00 bits per heavy atom.